The minimum atomic E-state index is 0.0153. The first-order valence-corrected chi connectivity index (χ1v) is 20.5. The van der Waals surface area contributed by atoms with Gasteiger partial charge in [-0.1, -0.05) is 193 Å². The third-order valence-corrected chi connectivity index (χ3v) is 13.3. The molecule has 0 radical (unpaired) electrons. The molecule has 0 fully saturated rings. The van der Waals surface area contributed by atoms with Crippen molar-refractivity contribution in [3.63, 3.8) is 0 Å². The molecule has 0 bridgehead atoms. The highest BCUT2D eigenvalue weighted by molar-refractivity contribution is 7.05. The van der Waals surface area contributed by atoms with Crippen molar-refractivity contribution in [2.45, 2.75) is 52.4 Å². The van der Waals surface area contributed by atoms with E-state index in [1.165, 1.54) is 105 Å². The summed E-state index contributed by atoms with van der Waals surface area (Å²) in [5, 5.41) is 0. The molecule has 0 unspecified atom stereocenters. The average Bonchev–Trinajstić information content (AvgIpc) is 3.74. The number of hydrogen-bond donors (Lipinski definition) is 0. The summed E-state index contributed by atoms with van der Waals surface area (Å²) < 4.78 is 0. The highest BCUT2D eigenvalue weighted by atomic mass is 15.2. The Morgan fingerprint density at radius 3 is 1.60 bits per heavy atom. The predicted molar refractivity (Wildman–Crippen MR) is 250 cm³/mol. The van der Waals surface area contributed by atoms with Gasteiger partial charge in [-0.25, -0.2) is 0 Å². The van der Waals surface area contributed by atoms with Crippen molar-refractivity contribution in [2.75, 3.05) is 4.90 Å². The monoisotopic (exact) mass is 729 g/mol. The quantitative estimate of drug-likeness (QED) is 0.163. The van der Waals surface area contributed by atoms with Crippen LogP contribution in [0, 0.1) is 0 Å². The van der Waals surface area contributed by atoms with Crippen molar-refractivity contribution in [3.05, 3.63) is 163 Å². The molecule has 3 heteroatoms. The summed E-state index contributed by atoms with van der Waals surface area (Å²) in [7, 11) is 0. The molecule has 11 rings (SSSR count). The normalized spacial score (nSPS) is 13.8. The Balaban J connectivity index is 1.26. The fraction of sp³-hybridized carbons (Fsp3) is 0.148. The molecule has 0 N–H and O–H groups in total. The van der Waals surface area contributed by atoms with E-state index in [2.05, 4.69) is 187 Å². The molecule has 0 amide bonds. The standard InChI is InChI=1S/C54H45B2N/c1-9-32-14-18-34(19-15-32)36-28-45-52-46(29-36)56-44-26-23-38(54(6,7)8)31-42(44)49-39(35-20-16-33(10-2)17-21-35)24-27-48(51(49)56)57(52)47-13-11-12-40-41-30-37(53(3,4)5)22-25-43(41)55(45)50(40)47/h9-31H,1-2H2,3-8H3. The van der Waals surface area contributed by atoms with Gasteiger partial charge in [0.15, 0.2) is 0 Å². The lowest BCUT2D eigenvalue weighted by molar-refractivity contribution is 0.590. The van der Waals surface area contributed by atoms with Gasteiger partial charge in [-0.2, -0.15) is 0 Å². The van der Waals surface area contributed by atoms with Gasteiger partial charge in [0.1, 0.15) is 0 Å². The number of nitrogens with zero attached hydrogens (tertiary/aromatic N) is 1. The molecule has 4 heterocycles. The number of hydrogen-bond acceptors (Lipinski definition) is 1. The molecule has 0 saturated carbocycles. The van der Waals surface area contributed by atoms with E-state index in [1.54, 1.807) is 0 Å². The average molecular weight is 730 g/mol. The Kier molecular flexibility index (Phi) is 7.05. The van der Waals surface area contributed by atoms with Gasteiger partial charge in [0.05, 0.1) is 0 Å². The maximum atomic E-state index is 4.04. The third-order valence-electron chi connectivity index (χ3n) is 13.3. The van der Waals surface area contributed by atoms with Gasteiger partial charge >= 0.3 is 0 Å². The first-order chi connectivity index (χ1) is 27.4. The minimum Gasteiger partial charge on any atom is -0.312 e. The summed E-state index contributed by atoms with van der Waals surface area (Å²) in [5.41, 5.74) is 28.0. The van der Waals surface area contributed by atoms with E-state index in [-0.39, 0.29) is 24.3 Å². The molecular weight excluding hydrogens is 684 g/mol. The van der Waals surface area contributed by atoms with Crippen molar-refractivity contribution in [3.8, 4) is 44.5 Å². The van der Waals surface area contributed by atoms with Crippen LogP contribution in [0.5, 0.6) is 0 Å². The minimum absolute atomic E-state index is 0.0153. The number of anilines is 3. The van der Waals surface area contributed by atoms with E-state index in [9.17, 15) is 0 Å². The second-order valence-electron chi connectivity index (χ2n) is 18.6. The van der Waals surface area contributed by atoms with Crippen molar-refractivity contribution in [2.24, 2.45) is 0 Å². The second-order valence-corrected chi connectivity index (χ2v) is 18.6. The Morgan fingerprint density at radius 1 is 0.456 bits per heavy atom. The Labute approximate surface area is 338 Å². The van der Waals surface area contributed by atoms with Crippen molar-refractivity contribution >= 4 is 75.4 Å². The Bertz CT molecular complexity index is 2900. The zero-order valence-corrected chi connectivity index (χ0v) is 33.8. The maximum absolute atomic E-state index is 4.04. The van der Waals surface area contributed by atoms with E-state index in [0.29, 0.717) is 0 Å². The largest absolute Gasteiger partial charge is 0.312 e. The molecule has 272 valence electrons. The number of rotatable bonds is 4. The van der Waals surface area contributed by atoms with E-state index in [4.69, 9.17) is 0 Å². The number of fused-ring (bicyclic) bond motifs is 10. The topological polar surface area (TPSA) is 3.24 Å². The lowest BCUT2D eigenvalue weighted by atomic mass is 9.32. The SMILES string of the molecule is C=Cc1ccc(-c2cc3c4c(c2)B2c5ccc(C(C)(C)C)cc5-c5c(-c6ccc(C=C)cc6)ccc(c52)N4c2cccc4c2B3c2ccc(C(C)(C)C)cc2-4)cc1. The van der Waals surface area contributed by atoms with Crippen LogP contribution in [0.25, 0.3) is 56.7 Å². The van der Waals surface area contributed by atoms with E-state index in [0.717, 1.165) is 11.1 Å². The van der Waals surface area contributed by atoms with Gasteiger partial charge < -0.3 is 4.90 Å². The summed E-state index contributed by atoms with van der Waals surface area (Å²) in [6.07, 6.45) is 3.86. The molecule has 7 aromatic rings. The van der Waals surface area contributed by atoms with Gasteiger partial charge in [-0.15, -0.1) is 0 Å². The second kappa shape index (κ2) is 11.7. The first-order valence-electron chi connectivity index (χ1n) is 20.5. The van der Waals surface area contributed by atoms with Crippen LogP contribution >= 0.6 is 0 Å². The van der Waals surface area contributed by atoms with Crippen LogP contribution in [0.1, 0.15) is 63.8 Å². The Morgan fingerprint density at radius 2 is 1.00 bits per heavy atom. The van der Waals surface area contributed by atoms with Crippen molar-refractivity contribution in [1.29, 1.82) is 0 Å². The molecule has 4 aliphatic heterocycles. The predicted octanol–water partition coefficient (Wildman–Crippen LogP) is 9.99. The summed E-state index contributed by atoms with van der Waals surface area (Å²) in [4.78, 5) is 2.65. The van der Waals surface area contributed by atoms with Crippen LogP contribution in [0.2, 0.25) is 0 Å². The molecule has 1 nitrogen and oxygen atoms in total. The lowest BCUT2D eigenvalue weighted by Gasteiger charge is -2.43. The third kappa shape index (κ3) is 4.78. The van der Waals surface area contributed by atoms with Gasteiger partial charge in [0, 0.05) is 17.1 Å². The van der Waals surface area contributed by atoms with Gasteiger partial charge in [0.2, 0.25) is 13.4 Å². The Hall–Kier alpha value is -6.05. The van der Waals surface area contributed by atoms with Crippen LogP contribution in [-0.2, 0) is 10.8 Å². The summed E-state index contributed by atoms with van der Waals surface area (Å²) in [5.74, 6) is 0. The number of benzene rings is 7. The molecule has 0 atom stereocenters. The van der Waals surface area contributed by atoms with Gasteiger partial charge in [-0.3, -0.25) is 0 Å². The smallest absolute Gasteiger partial charge is 0.248 e. The molecule has 0 aliphatic carbocycles. The van der Waals surface area contributed by atoms with Crippen molar-refractivity contribution in [1.82, 2.24) is 0 Å². The van der Waals surface area contributed by atoms with Crippen LogP contribution in [-0.4, -0.2) is 13.4 Å². The highest BCUT2D eigenvalue weighted by Crippen LogP contribution is 2.47. The van der Waals surface area contributed by atoms with Crippen LogP contribution in [0.15, 0.2) is 141 Å². The van der Waals surface area contributed by atoms with E-state index < -0.39 is 0 Å². The molecule has 0 spiro atoms. The first kappa shape index (κ1) is 34.2. The van der Waals surface area contributed by atoms with Crippen LogP contribution < -0.4 is 37.7 Å². The highest BCUT2D eigenvalue weighted by Gasteiger charge is 2.50. The summed E-state index contributed by atoms with van der Waals surface area (Å²) in [6.45, 7) is 22.3. The van der Waals surface area contributed by atoms with Gasteiger partial charge in [-0.05, 0) is 112 Å². The van der Waals surface area contributed by atoms with Crippen molar-refractivity contribution < 1.29 is 0 Å². The zero-order valence-electron chi connectivity index (χ0n) is 33.8. The van der Waals surface area contributed by atoms with E-state index in [1.807, 2.05) is 12.2 Å². The lowest BCUT2D eigenvalue weighted by Crippen LogP contribution is -2.63. The fourth-order valence-corrected chi connectivity index (χ4v) is 10.4. The van der Waals surface area contributed by atoms with Gasteiger partial charge in [0.25, 0.3) is 0 Å². The molecule has 0 saturated heterocycles. The molecule has 7 aromatic carbocycles. The summed E-state index contributed by atoms with van der Waals surface area (Å²) in [6, 6.07) is 49.4. The van der Waals surface area contributed by atoms with E-state index >= 15 is 0 Å². The molecule has 0 aromatic heterocycles. The molecule has 57 heavy (non-hydrogen) atoms. The fourth-order valence-electron chi connectivity index (χ4n) is 10.4. The van der Waals surface area contributed by atoms with Crippen LogP contribution in [0.4, 0.5) is 17.1 Å². The molecular formula is C54H45B2N. The zero-order chi connectivity index (χ0) is 39.1. The summed E-state index contributed by atoms with van der Waals surface area (Å²) >= 11 is 0. The van der Waals surface area contributed by atoms with Crippen LogP contribution in [0.3, 0.4) is 0 Å². The molecule has 4 aliphatic rings. The maximum Gasteiger partial charge on any atom is 0.248 e.